The Bertz CT molecular complexity index is 750. The number of amides is 2. The van der Waals surface area contributed by atoms with E-state index in [9.17, 15) is 9.59 Å². The van der Waals surface area contributed by atoms with Crippen molar-refractivity contribution in [2.45, 2.75) is 26.3 Å². The maximum absolute atomic E-state index is 12.4. The normalized spacial score (nSPS) is 10.2. The van der Waals surface area contributed by atoms with Crippen molar-refractivity contribution >= 4 is 11.8 Å². The molecule has 0 saturated carbocycles. The Labute approximate surface area is 159 Å². The topological polar surface area (TPSA) is 76.7 Å². The number of benzene rings is 2. The Kier molecular flexibility index (Phi) is 7.67. The highest BCUT2D eigenvalue weighted by molar-refractivity contribution is 5.95. The average Bonchev–Trinajstić information content (AvgIpc) is 2.71. The number of hydrogen-bond acceptors (Lipinski definition) is 4. The van der Waals surface area contributed by atoms with E-state index in [2.05, 4.69) is 17.6 Å². The maximum Gasteiger partial charge on any atom is 0.251 e. The van der Waals surface area contributed by atoms with Gasteiger partial charge in [0.2, 0.25) is 0 Å². The van der Waals surface area contributed by atoms with Crippen LogP contribution in [0.2, 0.25) is 0 Å². The molecule has 2 amide bonds. The first-order chi connectivity index (χ1) is 13.1. The number of carbonyl (C=O) groups excluding carboxylic acids is 2. The van der Waals surface area contributed by atoms with E-state index in [1.807, 2.05) is 12.1 Å². The molecule has 0 unspecified atom stereocenters. The molecule has 0 atom stereocenters. The van der Waals surface area contributed by atoms with Crippen LogP contribution in [0.4, 0.5) is 0 Å². The van der Waals surface area contributed by atoms with Crippen LogP contribution < -0.4 is 20.1 Å². The largest absolute Gasteiger partial charge is 0.497 e. The minimum Gasteiger partial charge on any atom is -0.497 e. The number of methoxy groups -OCH3 is 2. The average molecular weight is 370 g/mol. The first-order valence-corrected chi connectivity index (χ1v) is 8.95. The molecule has 2 aromatic rings. The highest BCUT2D eigenvalue weighted by atomic mass is 16.5. The lowest BCUT2D eigenvalue weighted by Gasteiger charge is -2.10. The summed E-state index contributed by atoms with van der Waals surface area (Å²) in [7, 11) is 3.08. The molecular formula is C21H26N2O4. The van der Waals surface area contributed by atoms with Gasteiger partial charge in [-0.3, -0.25) is 9.59 Å². The van der Waals surface area contributed by atoms with E-state index in [1.165, 1.54) is 14.2 Å². The van der Waals surface area contributed by atoms with Crippen molar-refractivity contribution < 1.29 is 19.1 Å². The second-order valence-corrected chi connectivity index (χ2v) is 6.09. The second kappa shape index (κ2) is 10.2. The Balaban J connectivity index is 1.94. The van der Waals surface area contributed by atoms with Crippen molar-refractivity contribution in [3.63, 3.8) is 0 Å². The number of rotatable bonds is 9. The zero-order chi connectivity index (χ0) is 19.6. The van der Waals surface area contributed by atoms with Crippen LogP contribution in [0.15, 0.2) is 42.5 Å². The quantitative estimate of drug-likeness (QED) is 0.665. The third-order valence-corrected chi connectivity index (χ3v) is 4.10. The minimum absolute atomic E-state index is 0.0810. The third-order valence-electron chi connectivity index (χ3n) is 4.10. The van der Waals surface area contributed by atoms with Gasteiger partial charge < -0.3 is 20.1 Å². The van der Waals surface area contributed by atoms with Crippen molar-refractivity contribution in [1.29, 1.82) is 0 Å². The van der Waals surface area contributed by atoms with E-state index in [1.54, 1.807) is 30.3 Å². The molecule has 6 nitrogen and oxygen atoms in total. The van der Waals surface area contributed by atoms with Crippen molar-refractivity contribution in [2.24, 2.45) is 0 Å². The number of ether oxygens (including phenoxy) is 2. The van der Waals surface area contributed by atoms with Crippen LogP contribution >= 0.6 is 0 Å². The highest BCUT2D eigenvalue weighted by Crippen LogP contribution is 2.22. The van der Waals surface area contributed by atoms with Crippen LogP contribution in [-0.4, -0.2) is 32.6 Å². The van der Waals surface area contributed by atoms with Crippen molar-refractivity contribution in [1.82, 2.24) is 10.6 Å². The van der Waals surface area contributed by atoms with Gasteiger partial charge in [0.05, 0.1) is 14.2 Å². The van der Waals surface area contributed by atoms with E-state index >= 15 is 0 Å². The fourth-order valence-corrected chi connectivity index (χ4v) is 2.48. The van der Waals surface area contributed by atoms with Crippen LogP contribution in [0.5, 0.6) is 11.5 Å². The van der Waals surface area contributed by atoms with Crippen molar-refractivity contribution in [3.8, 4) is 11.5 Å². The van der Waals surface area contributed by atoms with Crippen molar-refractivity contribution in [3.05, 3.63) is 59.2 Å². The van der Waals surface area contributed by atoms with E-state index < -0.39 is 0 Å². The molecule has 0 aliphatic rings. The number of nitrogens with one attached hydrogen (secondary N) is 2. The summed E-state index contributed by atoms with van der Waals surface area (Å²) in [5.74, 6) is 0.798. The fourth-order valence-electron chi connectivity index (χ4n) is 2.48. The summed E-state index contributed by atoms with van der Waals surface area (Å²) in [6.45, 7) is 3.12. The molecule has 27 heavy (non-hydrogen) atoms. The molecule has 0 aliphatic heterocycles. The predicted molar refractivity (Wildman–Crippen MR) is 104 cm³/mol. The first-order valence-electron chi connectivity index (χ1n) is 8.95. The Morgan fingerprint density at radius 3 is 2.00 bits per heavy atom. The molecular weight excluding hydrogens is 344 g/mol. The maximum atomic E-state index is 12.4. The molecule has 0 heterocycles. The Hall–Kier alpha value is -3.02. The lowest BCUT2D eigenvalue weighted by Crippen LogP contribution is -2.24. The SMILES string of the molecule is CCCCNC(=O)c1ccc(CNC(=O)c2cc(OC)cc(OC)c2)cc1. The van der Waals surface area contributed by atoms with Crippen LogP contribution in [0.25, 0.3) is 0 Å². The zero-order valence-electron chi connectivity index (χ0n) is 16.0. The fraction of sp³-hybridized carbons (Fsp3) is 0.333. The van der Waals surface area contributed by atoms with Gasteiger partial charge in [-0.1, -0.05) is 25.5 Å². The lowest BCUT2D eigenvalue weighted by molar-refractivity contribution is 0.0942. The standard InChI is InChI=1S/C21H26N2O4/c1-4-5-10-22-20(24)16-8-6-15(7-9-16)14-23-21(25)17-11-18(26-2)13-19(12-17)27-3/h6-9,11-13H,4-5,10,14H2,1-3H3,(H,22,24)(H,23,25). The molecule has 6 heteroatoms. The molecule has 0 aromatic heterocycles. The Morgan fingerprint density at radius 1 is 0.852 bits per heavy atom. The Morgan fingerprint density at radius 2 is 1.44 bits per heavy atom. The van der Waals surface area contributed by atoms with E-state index in [0.717, 1.165) is 18.4 Å². The molecule has 0 spiro atoms. The summed E-state index contributed by atoms with van der Waals surface area (Å²) in [5, 5.41) is 5.74. The van der Waals surface area contributed by atoms with Gasteiger partial charge in [-0.15, -0.1) is 0 Å². The summed E-state index contributed by atoms with van der Waals surface area (Å²) < 4.78 is 10.4. The second-order valence-electron chi connectivity index (χ2n) is 6.09. The monoisotopic (exact) mass is 370 g/mol. The molecule has 0 bridgehead atoms. The molecule has 144 valence electrons. The summed E-state index contributed by atoms with van der Waals surface area (Å²) in [5.41, 5.74) is 1.97. The molecule has 0 fully saturated rings. The molecule has 2 N–H and O–H groups in total. The van der Waals surface area contributed by atoms with Gasteiger partial charge in [-0.05, 0) is 36.2 Å². The van der Waals surface area contributed by atoms with E-state index in [4.69, 9.17) is 9.47 Å². The zero-order valence-corrected chi connectivity index (χ0v) is 16.0. The van der Waals surface area contributed by atoms with Crippen LogP contribution in [0.3, 0.4) is 0 Å². The molecule has 0 radical (unpaired) electrons. The number of carbonyl (C=O) groups is 2. The van der Waals surface area contributed by atoms with Crippen LogP contribution in [0, 0.1) is 0 Å². The van der Waals surface area contributed by atoms with Gasteiger partial charge in [0.15, 0.2) is 0 Å². The van der Waals surface area contributed by atoms with Gasteiger partial charge >= 0.3 is 0 Å². The summed E-state index contributed by atoms with van der Waals surface area (Å²) in [4.78, 5) is 24.4. The van der Waals surface area contributed by atoms with Gasteiger partial charge in [0.1, 0.15) is 11.5 Å². The summed E-state index contributed by atoms with van der Waals surface area (Å²) in [6.07, 6.45) is 2.00. The van der Waals surface area contributed by atoms with Gasteiger partial charge in [0, 0.05) is 30.3 Å². The smallest absolute Gasteiger partial charge is 0.251 e. The van der Waals surface area contributed by atoms with Crippen molar-refractivity contribution in [2.75, 3.05) is 20.8 Å². The number of unbranched alkanes of at least 4 members (excludes halogenated alkanes) is 1. The lowest BCUT2D eigenvalue weighted by atomic mass is 10.1. The number of hydrogen-bond donors (Lipinski definition) is 2. The highest BCUT2D eigenvalue weighted by Gasteiger charge is 2.10. The first kappa shape index (κ1) is 20.3. The molecule has 2 rings (SSSR count). The molecule has 0 aliphatic carbocycles. The van der Waals surface area contributed by atoms with Gasteiger partial charge in [0.25, 0.3) is 11.8 Å². The molecule has 2 aromatic carbocycles. The van der Waals surface area contributed by atoms with E-state index in [-0.39, 0.29) is 11.8 Å². The van der Waals surface area contributed by atoms with Crippen LogP contribution in [-0.2, 0) is 6.54 Å². The minimum atomic E-state index is -0.228. The summed E-state index contributed by atoms with van der Waals surface area (Å²) >= 11 is 0. The van der Waals surface area contributed by atoms with Gasteiger partial charge in [-0.25, -0.2) is 0 Å². The molecule has 0 saturated heterocycles. The third kappa shape index (κ3) is 6.02. The van der Waals surface area contributed by atoms with E-state index in [0.29, 0.717) is 35.7 Å². The van der Waals surface area contributed by atoms with Crippen LogP contribution in [0.1, 0.15) is 46.0 Å². The predicted octanol–water partition coefficient (Wildman–Crippen LogP) is 3.16. The summed E-state index contributed by atoms with van der Waals surface area (Å²) in [6, 6.07) is 12.2. The van der Waals surface area contributed by atoms with Gasteiger partial charge in [-0.2, -0.15) is 0 Å².